The van der Waals surface area contributed by atoms with Gasteiger partial charge in [-0.2, -0.15) is 0 Å². The van der Waals surface area contributed by atoms with Crippen molar-refractivity contribution in [1.29, 1.82) is 0 Å². The number of hydrogen-bond acceptors (Lipinski definition) is 2. The second kappa shape index (κ2) is 4.85. The zero-order chi connectivity index (χ0) is 14.1. The summed E-state index contributed by atoms with van der Waals surface area (Å²) in [6.45, 7) is 2.02. The van der Waals surface area contributed by atoms with Crippen molar-refractivity contribution in [3.63, 3.8) is 0 Å². The first-order chi connectivity index (χ1) is 9.68. The van der Waals surface area contributed by atoms with E-state index in [0.717, 1.165) is 16.5 Å². The molecule has 1 N–H and O–H groups in total. The van der Waals surface area contributed by atoms with E-state index in [1.54, 1.807) is 4.57 Å². The number of benzene rings is 2. The monoisotopic (exact) mass is 265 g/mol. The fourth-order valence-electron chi connectivity index (χ4n) is 2.56. The first-order valence-electron chi connectivity index (χ1n) is 6.53. The number of hydrogen-bond donors (Lipinski definition) is 1. The summed E-state index contributed by atoms with van der Waals surface area (Å²) in [6, 6.07) is 17.5. The Kier molecular flexibility index (Phi) is 3.03. The average molecular weight is 265 g/mol. The van der Waals surface area contributed by atoms with Gasteiger partial charge < -0.3 is 9.67 Å². The summed E-state index contributed by atoms with van der Waals surface area (Å²) in [4.78, 5) is 11.8. The van der Waals surface area contributed by atoms with Crippen LogP contribution in [-0.4, -0.2) is 15.5 Å². The van der Waals surface area contributed by atoms with Crippen molar-refractivity contribution >= 4 is 16.7 Å². The second-order valence-electron chi connectivity index (χ2n) is 4.84. The molecule has 0 amide bonds. The third-order valence-electron chi connectivity index (χ3n) is 3.48. The summed E-state index contributed by atoms with van der Waals surface area (Å²) in [5.41, 5.74) is 2.36. The van der Waals surface area contributed by atoms with E-state index < -0.39 is 0 Å². The molecule has 0 atom stereocenters. The van der Waals surface area contributed by atoms with E-state index in [1.165, 1.54) is 6.92 Å². The number of nitrogens with zero attached hydrogens (tertiary/aromatic N) is 1. The number of Topliss-reactive ketones (excluding diaryl/α,β-unsaturated/α-hetero) is 1. The Hall–Kier alpha value is -2.55. The van der Waals surface area contributed by atoms with Crippen LogP contribution in [0.15, 0.2) is 54.6 Å². The Balaban J connectivity index is 2.20. The SMILES string of the molecule is CC(=O)c1c(O)n(Cc2ccccc2)c2ccccc12. The lowest BCUT2D eigenvalue weighted by molar-refractivity contribution is 0.101. The van der Waals surface area contributed by atoms with Crippen LogP contribution in [0, 0.1) is 0 Å². The molecule has 0 aliphatic rings. The quantitative estimate of drug-likeness (QED) is 0.735. The van der Waals surface area contributed by atoms with Gasteiger partial charge in [-0.1, -0.05) is 48.5 Å². The number of carbonyl (C=O) groups is 1. The van der Waals surface area contributed by atoms with Crippen LogP contribution in [-0.2, 0) is 6.54 Å². The number of para-hydroxylation sites is 1. The van der Waals surface area contributed by atoms with Gasteiger partial charge in [0.2, 0.25) is 5.88 Å². The van der Waals surface area contributed by atoms with Crippen molar-refractivity contribution in [2.75, 3.05) is 0 Å². The van der Waals surface area contributed by atoms with Gasteiger partial charge in [-0.15, -0.1) is 0 Å². The zero-order valence-corrected chi connectivity index (χ0v) is 11.2. The topological polar surface area (TPSA) is 42.2 Å². The van der Waals surface area contributed by atoms with E-state index in [9.17, 15) is 9.90 Å². The van der Waals surface area contributed by atoms with Gasteiger partial charge in [0.05, 0.1) is 17.6 Å². The minimum Gasteiger partial charge on any atom is -0.494 e. The Morgan fingerprint density at radius 1 is 1.05 bits per heavy atom. The van der Waals surface area contributed by atoms with Crippen LogP contribution in [0.4, 0.5) is 0 Å². The number of ketones is 1. The minimum absolute atomic E-state index is 0.0440. The molecule has 3 nitrogen and oxygen atoms in total. The normalized spacial score (nSPS) is 10.8. The van der Waals surface area contributed by atoms with E-state index in [4.69, 9.17) is 0 Å². The molecule has 1 heterocycles. The Bertz CT molecular complexity index is 772. The third-order valence-corrected chi connectivity index (χ3v) is 3.48. The van der Waals surface area contributed by atoms with Gasteiger partial charge in [0, 0.05) is 5.39 Å². The maximum atomic E-state index is 11.8. The molecule has 1 aromatic heterocycles. The molecule has 0 radical (unpaired) electrons. The molecule has 20 heavy (non-hydrogen) atoms. The molecule has 0 fully saturated rings. The maximum Gasteiger partial charge on any atom is 0.203 e. The summed E-state index contributed by atoms with van der Waals surface area (Å²) in [5.74, 6) is -0.0759. The smallest absolute Gasteiger partial charge is 0.203 e. The van der Waals surface area contributed by atoms with Crippen LogP contribution in [0.25, 0.3) is 10.9 Å². The van der Waals surface area contributed by atoms with Gasteiger partial charge in [0.25, 0.3) is 0 Å². The van der Waals surface area contributed by atoms with Gasteiger partial charge in [-0.25, -0.2) is 0 Å². The number of rotatable bonds is 3. The number of fused-ring (bicyclic) bond motifs is 1. The average Bonchev–Trinajstić information content (AvgIpc) is 2.73. The Morgan fingerprint density at radius 3 is 2.40 bits per heavy atom. The van der Waals surface area contributed by atoms with Crippen LogP contribution in [0.1, 0.15) is 22.8 Å². The van der Waals surface area contributed by atoms with Gasteiger partial charge >= 0.3 is 0 Å². The zero-order valence-electron chi connectivity index (χ0n) is 11.2. The summed E-state index contributed by atoms with van der Waals surface area (Å²) in [5, 5.41) is 11.2. The van der Waals surface area contributed by atoms with Gasteiger partial charge in [0.1, 0.15) is 0 Å². The Morgan fingerprint density at radius 2 is 1.70 bits per heavy atom. The lowest BCUT2D eigenvalue weighted by atomic mass is 10.1. The first kappa shape index (κ1) is 12.5. The van der Waals surface area contributed by atoms with E-state index >= 15 is 0 Å². The molecule has 3 heteroatoms. The third kappa shape index (κ3) is 1.97. The number of carbonyl (C=O) groups excluding carboxylic acids is 1. The van der Waals surface area contributed by atoms with Crippen LogP contribution < -0.4 is 0 Å². The number of aromatic hydroxyl groups is 1. The predicted molar refractivity (Wildman–Crippen MR) is 79.2 cm³/mol. The molecule has 0 spiro atoms. The standard InChI is InChI=1S/C17H15NO2/c1-12(19)16-14-9-5-6-10-15(14)18(17(16)20)11-13-7-3-2-4-8-13/h2-10,20H,11H2,1H3. The predicted octanol–water partition coefficient (Wildman–Crippen LogP) is 3.60. The van der Waals surface area contributed by atoms with Crippen molar-refractivity contribution in [3.05, 3.63) is 65.7 Å². The largest absolute Gasteiger partial charge is 0.494 e. The molecule has 0 bridgehead atoms. The van der Waals surface area contributed by atoms with Crippen molar-refractivity contribution in [2.45, 2.75) is 13.5 Å². The summed E-state index contributed by atoms with van der Waals surface area (Å²) >= 11 is 0. The molecule has 0 unspecified atom stereocenters. The van der Waals surface area contributed by atoms with E-state index in [2.05, 4.69) is 0 Å². The van der Waals surface area contributed by atoms with Crippen molar-refractivity contribution < 1.29 is 9.90 Å². The van der Waals surface area contributed by atoms with Crippen LogP contribution in [0.5, 0.6) is 5.88 Å². The Labute approximate surface area is 117 Å². The molecule has 100 valence electrons. The van der Waals surface area contributed by atoms with E-state index in [0.29, 0.717) is 12.1 Å². The van der Waals surface area contributed by atoms with E-state index in [-0.39, 0.29) is 11.7 Å². The molecule has 3 rings (SSSR count). The maximum absolute atomic E-state index is 11.8. The molecular weight excluding hydrogens is 250 g/mol. The van der Waals surface area contributed by atoms with Gasteiger partial charge in [-0.05, 0) is 18.6 Å². The molecule has 0 saturated heterocycles. The molecule has 0 aliphatic heterocycles. The summed E-state index contributed by atoms with van der Waals surface area (Å²) in [6.07, 6.45) is 0. The lowest BCUT2D eigenvalue weighted by Crippen LogP contribution is -1.99. The highest BCUT2D eigenvalue weighted by molar-refractivity contribution is 6.09. The highest BCUT2D eigenvalue weighted by atomic mass is 16.3. The number of aromatic nitrogens is 1. The molecule has 0 saturated carbocycles. The van der Waals surface area contributed by atoms with Crippen LogP contribution in [0.3, 0.4) is 0 Å². The van der Waals surface area contributed by atoms with Crippen LogP contribution in [0.2, 0.25) is 0 Å². The molecule has 0 aliphatic carbocycles. The van der Waals surface area contributed by atoms with Crippen LogP contribution >= 0.6 is 0 Å². The van der Waals surface area contributed by atoms with Crippen molar-refractivity contribution in [1.82, 2.24) is 4.57 Å². The lowest BCUT2D eigenvalue weighted by Gasteiger charge is -2.07. The van der Waals surface area contributed by atoms with Crippen molar-refractivity contribution in [3.8, 4) is 5.88 Å². The second-order valence-corrected chi connectivity index (χ2v) is 4.84. The molecular formula is C17H15NO2. The van der Waals surface area contributed by atoms with Crippen molar-refractivity contribution in [2.24, 2.45) is 0 Å². The minimum atomic E-state index is -0.120. The summed E-state index contributed by atoms with van der Waals surface area (Å²) in [7, 11) is 0. The fourth-order valence-corrected chi connectivity index (χ4v) is 2.56. The van der Waals surface area contributed by atoms with E-state index in [1.807, 2.05) is 54.6 Å². The van der Waals surface area contributed by atoms with Gasteiger partial charge in [0.15, 0.2) is 5.78 Å². The molecule has 3 aromatic rings. The summed E-state index contributed by atoms with van der Waals surface area (Å²) < 4.78 is 1.78. The highest BCUT2D eigenvalue weighted by Crippen LogP contribution is 2.32. The fraction of sp³-hybridized carbons (Fsp3) is 0.118. The molecule has 2 aromatic carbocycles. The van der Waals surface area contributed by atoms with Gasteiger partial charge in [-0.3, -0.25) is 4.79 Å². The highest BCUT2D eigenvalue weighted by Gasteiger charge is 2.19. The first-order valence-corrected chi connectivity index (χ1v) is 6.53.